The zero-order valence-electron chi connectivity index (χ0n) is 40.5. The normalized spacial score (nSPS) is 17.2. The standard InChI is InChI=1S/C59H61N5O9/c65-52-24-22-50(51-23-25-54(67)63-55(51)52)53(66)35-60-29-26-39-14-18-43(19-15-39)56(68)61-47-33-48(34-47)62-57(69)44-20-16-41(17-21-44)37-72-49-13-7-12-46(32-49)59(71,45-10-5-2-6-11-45)58(70)73-38-42-27-30-64(31-28-42)36-40-8-3-1-4-9-40/h1-25,32,42,47-48,53,60,65-66,71H,26-31,33-38H2,(H,61,68)(H,62,69)(H,63,67)/t47-,48-,53-,59?/m0/s1. The predicted molar refractivity (Wildman–Crippen MR) is 278 cm³/mol. The molecule has 2 aliphatic rings. The molecule has 1 saturated heterocycles. The number of nitrogens with zero attached hydrogens (tertiary/aromatic N) is 1. The number of aromatic hydroxyl groups is 1. The number of esters is 1. The summed E-state index contributed by atoms with van der Waals surface area (Å²) in [6.07, 6.45) is 2.84. The molecule has 0 spiro atoms. The summed E-state index contributed by atoms with van der Waals surface area (Å²) in [6.45, 7) is 3.97. The largest absolute Gasteiger partial charge is 0.506 e. The third-order valence-electron chi connectivity index (χ3n) is 14.0. The molecule has 376 valence electrons. The fraction of sp³-hybridized carbons (Fsp3) is 0.288. The van der Waals surface area contributed by atoms with E-state index in [2.05, 4.69) is 50.1 Å². The number of aromatic amines is 1. The number of piperidine rings is 1. The Morgan fingerprint density at radius 1 is 0.712 bits per heavy atom. The number of benzene rings is 6. The van der Waals surface area contributed by atoms with E-state index in [-0.39, 0.29) is 66.4 Å². The van der Waals surface area contributed by atoms with Gasteiger partial charge in [-0.05, 0) is 134 Å². The predicted octanol–water partition coefficient (Wildman–Crippen LogP) is 7.06. The van der Waals surface area contributed by atoms with E-state index >= 15 is 0 Å². The molecule has 6 aromatic carbocycles. The zero-order chi connectivity index (χ0) is 50.7. The third-order valence-corrected chi connectivity index (χ3v) is 14.0. The van der Waals surface area contributed by atoms with Gasteiger partial charge in [0.05, 0.1) is 18.2 Å². The van der Waals surface area contributed by atoms with Gasteiger partial charge in [0.2, 0.25) is 11.2 Å². The molecule has 7 aromatic rings. The van der Waals surface area contributed by atoms with Crippen LogP contribution in [0.5, 0.6) is 11.5 Å². The molecule has 14 nitrogen and oxygen atoms in total. The number of pyridine rings is 1. The molecule has 1 aromatic heterocycles. The number of phenolic OH excluding ortho intramolecular Hbond substituents is 1. The van der Waals surface area contributed by atoms with E-state index in [1.807, 2.05) is 36.4 Å². The van der Waals surface area contributed by atoms with Crippen molar-refractivity contribution in [3.63, 3.8) is 0 Å². The summed E-state index contributed by atoms with van der Waals surface area (Å²) in [5, 5.41) is 43.1. The lowest BCUT2D eigenvalue weighted by atomic mass is 9.86. The van der Waals surface area contributed by atoms with Crippen molar-refractivity contribution in [2.45, 2.75) is 69.0 Å². The number of amides is 2. The second kappa shape index (κ2) is 23.3. The van der Waals surface area contributed by atoms with E-state index in [9.17, 15) is 34.5 Å². The topological polar surface area (TPSA) is 203 Å². The van der Waals surface area contributed by atoms with Gasteiger partial charge in [-0.2, -0.15) is 0 Å². The Balaban J connectivity index is 0.694. The minimum absolute atomic E-state index is 0.0598. The average molecular weight is 984 g/mol. The Labute approximate surface area is 424 Å². The Morgan fingerprint density at radius 3 is 2.01 bits per heavy atom. The summed E-state index contributed by atoms with van der Waals surface area (Å²) in [6, 6.07) is 46.5. The van der Waals surface area contributed by atoms with E-state index < -0.39 is 17.7 Å². The van der Waals surface area contributed by atoms with Crippen LogP contribution in [-0.4, -0.2) is 87.9 Å². The highest BCUT2D eigenvalue weighted by Gasteiger charge is 2.42. The number of ether oxygens (including phenoxy) is 2. The number of aliphatic hydroxyl groups excluding tert-OH is 1. The lowest BCUT2D eigenvalue weighted by Crippen LogP contribution is -2.53. The van der Waals surface area contributed by atoms with Gasteiger partial charge in [-0.3, -0.25) is 19.3 Å². The Bertz CT molecular complexity index is 3050. The van der Waals surface area contributed by atoms with Crippen molar-refractivity contribution in [1.82, 2.24) is 25.8 Å². The van der Waals surface area contributed by atoms with Gasteiger partial charge in [0.1, 0.15) is 18.1 Å². The van der Waals surface area contributed by atoms with Crippen LogP contribution in [0.2, 0.25) is 0 Å². The van der Waals surface area contributed by atoms with Crippen molar-refractivity contribution in [3.8, 4) is 11.5 Å². The number of fused-ring (bicyclic) bond motifs is 1. The molecule has 9 rings (SSSR count). The molecule has 1 saturated carbocycles. The van der Waals surface area contributed by atoms with Crippen molar-refractivity contribution < 1.29 is 39.2 Å². The Kier molecular flexibility index (Phi) is 16.1. The second-order valence-corrected chi connectivity index (χ2v) is 19.2. The van der Waals surface area contributed by atoms with E-state index in [1.54, 1.807) is 84.9 Å². The van der Waals surface area contributed by atoms with E-state index in [0.717, 1.165) is 43.6 Å². The van der Waals surface area contributed by atoms with Crippen molar-refractivity contribution in [2.24, 2.45) is 5.92 Å². The van der Waals surface area contributed by atoms with Crippen molar-refractivity contribution in [1.29, 1.82) is 0 Å². The zero-order valence-corrected chi connectivity index (χ0v) is 40.5. The molecule has 1 aliphatic carbocycles. The van der Waals surface area contributed by atoms with E-state index in [1.165, 1.54) is 17.7 Å². The van der Waals surface area contributed by atoms with E-state index in [0.29, 0.717) is 64.8 Å². The summed E-state index contributed by atoms with van der Waals surface area (Å²) in [7, 11) is 0. The molecule has 1 aliphatic heterocycles. The van der Waals surface area contributed by atoms with Crippen molar-refractivity contribution in [2.75, 3.05) is 32.8 Å². The number of hydrogen-bond acceptors (Lipinski definition) is 11. The summed E-state index contributed by atoms with van der Waals surface area (Å²) < 4.78 is 12.1. The number of carbonyl (C=O) groups is 3. The fourth-order valence-electron chi connectivity index (χ4n) is 9.61. The number of likely N-dealkylation sites (tertiary alicyclic amines) is 1. The minimum atomic E-state index is -2.06. The maximum Gasteiger partial charge on any atom is 0.347 e. The van der Waals surface area contributed by atoms with Gasteiger partial charge in [0.25, 0.3) is 11.8 Å². The van der Waals surface area contributed by atoms with Crippen LogP contribution >= 0.6 is 0 Å². The van der Waals surface area contributed by atoms with Gasteiger partial charge >= 0.3 is 5.97 Å². The van der Waals surface area contributed by atoms with Crippen LogP contribution in [0.1, 0.15) is 85.9 Å². The van der Waals surface area contributed by atoms with Crippen LogP contribution in [-0.2, 0) is 34.7 Å². The first-order valence-corrected chi connectivity index (χ1v) is 25.0. The van der Waals surface area contributed by atoms with Gasteiger partial charge in [0, 0.05) is 53.3 Å². The Morgan fingerprint density at radius 2 is 1.34 bits per heavy atom. The first kappa shape index (κ1) is 50.3. The molecule has 73 heavy (non-hydrogen) atoms. The molecule has 1 unspecified atom stereocenters. The van der Waals surface area contributed by atoms with Crippen molar-refractivity contribution in [3.05, 3.63) is 213 Å². The van der Waals surface area contributed by atoms with Crippen LogP contribution < -0.4 is 26.2 Å². The lowest BCUT2D eigenvalue weighted by Gasteiger charge is -2.36. The molecular formula is C59H61N5O9. The second-order valence-electron chi connectivity index (χ2n) is 19.2. The maximum atomic E-state index is 13.9. The molecule has 7 N–H and O–H groups in total. The highest BCUT2D eigenvalue weighted by atomic mass is 16.5. The quantitative estimate of drug-likeness (QED) is 0.0305. The molecule has 0 bridgehead atoms. The number of nitrogens with one attached hydrogen (secondary N) is 4. The maximum absolute atomic E-state index is 13.9. The fourth-order valence-corrected chi connectivity index (χ4v) is 9.61. The average Bonchev–Trinajstić information content (AvgIpc) is 3.41. The minimum Gasteiger partial charge on any atom is -0.506 e. The van der Waals surface area contributed by atoms with Crippen LogP contribution in [0.25, 0.3) is 10.9 Å². The molecule has 2 heterocycles. The van der Waals surface area contributed by atoms with Crippen LogP contribution in [0.15, 0.2) is 163 Å². The molecule has 0 radical (unpaired) electrons. The van der Waals surface area contributed by atoms with Crippen LogP contribution in [0.3, 0.4) is 0 Å². The van der Waals surface area contributed by atoms with Gasteiger partial charge < -0.3 is 45.7 Å². The lowest BCUT2D eigenvalue weighted by molar-refractivity contribution is -0.164. The Hall–Kier alpha value is -7.62. The van der Waals surface area contributed by atoms with Gasteiger partial charge in [0.15, 0.2) is 0 Å². The third kappa shape index (κ3) is 12.5. The van der Waals surface area contributed by atoms with Gasteiger partial charge in [-0.25, -0.2) is 4.79 Å². The molecule has 2 fully saturated rings. The molecule has 14 heteroatoms. The SMILES string of the molecule is O=C(N[C@H]1C[C@H](NC(=O)c2ccc(COc3cccc(C(O)(C(=O)OCC4CCN(Cc5ccccc5)CC4)c4ccccc4)c3)cc2)C1)c1ccc(CCNC[C@H](O)c2ccc(O)c3[nH]c(=O)ccc23)cc1. The summed E-state index contributed by atoms with van der Waals surface area (Å²) in [4.78, 5) is 56.9. The summed E-state index contributed by atoms with van der Waals surface area (Å²) >= 11 is 0. The molecule has 2 amide bonds. The van der Waals surface area contributed by atoms with E-state index in [4.69, 9.17) is 9.47 Å². The summed E-state index contributed by atoms with van der Waals surface area (Å²) in [5.74, 6) is -0.527. The van der Waals surface area contributed by atoms with Crippen LogP contribution in [0.4, 0.5) is 0 Å². The summed E-state index contributed by atoms with van der Waals surface area (Å²) in [5.41, 5.74) is 3.38. The smallest absolute Gasteiger partial charge is 0.347 e. The number of aromatic nitrogens is 1. The number of phenols is 1. The number of carbonyl (C=O) groups excluding carboxylic acids is 3. The van der Waals surface area contributed by atoms with Gasteiger partial charge in [-0.1, -0.05) is 103 Å². The van der Waals surface area contributed by atoms with Crippen LogP contribution in [0, 0.1) is 5.92 Å². The monoisotopic (exact) mass is 983 g/mol. The number of hydrogen-bond donors (Lipinski definition) is 7. The van der Waals surface area contributed by atoms with Crippen molar-refractivity contribution >= 4 is 28.7 Å². The number of rotatable bonds is 20. The first-order valence-electron chi connectivity index (χ1n) is 25.0. The highest BCUT2D eigenvalue weighted by Crippen LogP contribution is 2.34. The van der Waals surface area contributed by atoms with Gasteiger partial charge in [-0.15, -0.1) is 0 Å². The molecule has 2 atom stereocenters. The first-order chi connectivity index (χ1) is 35.5. The highest BCUT2D eigenvalue weighted by molar-refractivity contribution is 5.95. The number of aliphatic hydroxyl groups is 2. The molecular weight excluding hydrogens is 923 g/mol. The number of H-pyrrole nitrogens is 1.